The Morgan fingerprint density at radius 2 is 2.06 bits per heavy atom. The molecule has 0 heterocycles. The molecule has 2 rings (SSSR count). The predicted octanol–water partition coefficient (Wildman–Crippen LogP) is 2.43. The Hall–Kier alpha value is -1.55. The van der Waals surface area contributed by atoms with E-state index in [4.69, 9.17) is 9.84 Å². The van der Waals surface area contributed by atoms with Gasteiger partial charge in [-0.1, -0.05) is 12.1 Å². The number of ether oxygens (including phenoxy) is 1. The van der Waals surface area contributed by atoms with Crippen LogP contribution in [0.25, 0.3) is 0 Å². The van der Waals surface area contributed by atoms with Crippen molar-refractivity contribution in [3.8, 4) is 5.75 Å². The van der Waals surface area contributed by atoms with E-state index in [1.54, 1.807) is 19.1 Å². The van der Waals surface area contributed by atoms with Gasteiger partial charge in [-0.15, -0.1) is 0 Å². The molecule has 0 aromatic heterocycles. The highest BCUT2D eigenvalue weighted by atomic mass is 16.5. The molecule has 1 aliphatic carbocycles. The highest BCUT2D eigenvalue weighted by molar-refractivity contribution is 5.75. The van der Waals surface area contributed by atoms with Gasteiger partial charge in [-0.05, 0) is 44.2 Å². The Morgan fingerprint density at radius 1 is 1.39 bits per heavy atom. The summed E-state index contributed by atoms with van der Waals surface area (Å²) in [6, 6.07) is 5.33. The quantitative estimate of drug-likeness (QED) is 0.861. The Morgan fingerprint density at radius 3 is 2.67 bits per heavy atom. The highest BCUT2D eigenvalue weighted by Gasteiger charge is 2.25. The van der Waals surface area contributed by atoms with E-state index in [-0.39, 0.29) is 6.10 Å². The molecule has 0 amide bonds. The lowest BCUT2D eigenvalue weighted by Crippen LogP contribution is -2.17. The minimum Gasteiger partial charge on any atom is -0.490 e. The molecule has 1 aromatic carbocycles. The smallest absolute Gasteiger partial charge is 0.337 e. The van der Waals surface area contributed by atoms with E-state index in [2.05, 4.69) is 0 Å². The first-order valence-electron chi connectivity index (χ1n) is 6.26. The Kier molecular flexibility index (Phi) is 3.87. The molecule has 1 atom stereocenters. The molecule has 0 saturated heterocycles. The molecule has 0 spiro atoms. The van der Waals surface area contributed by atoms with Gasteiger partial charge in [-0.25, -0.2) is 4.79 Å². The lowest BCUT2D eigenvalue weighted by Gasteiger charge is -2.19. The van der Waals surface area contributed by atoms with Gasteiger partial charge >= 0.3 is 5.97 Å². The molecule has 1 aromatic rings. The van der Waals surface area contributed by atoms with Gasteiger partial charge in [-0.2, -0.15) is 0 Å². The molecule has 1 saturated carbocycles. The Balaban J connectivity index is 2.28. The standard InChI is InChI=1S/C14H18O4/c1-9-5-4-8-11(12(9)13(15)14(16)17)18-10-6-2-3-7-10/h4-5,8,10,13,15H,2-3,6-7H2,1H3,(H,16,17). The second kappa shape index (κ2) is 5.40. The lowest BCUT2D eigenvalue weighted by molar-refractivity contribution is -0.147. The Bertz CT molecular complexity index is 435. The first kappa shape index (κ1) is 12.9. The number of benzene rings is 1. The summed E-state index contributed by atoms with van der Waals surface area (Å²) in [6.07, 6.45) is 2.90. The van der Waals surface area contributed by atoms with Crippen molar-refractivity contribution >= 4 is 5.97 Å². The van der Waals surface area contributed by atoms with Crippen LogP contribution >= 0.6 is 0 Å². The van der Waals surface area contributed by atoms with Crippen LogP contribution in [0.1, 0.15) is 42.9 Å². The van der Waals surface area contributed by atoms with Gasteiger partial charge in [0.2, 0.25) is 0 Å². The summed E-state index contributed by atoms with van der Waals surface area (Å²) in [6.45, 7) is 1.78. The van der Waals surface area contributed by atoms with E-state index in [1.165, 1.54) is 0 Å². The average molecular weight is 250 g/mol. The molecular formula is C14H18O4. The number of hydrogen-bond donors (Lipinski definition) is 2. The summed E-state index contributed by atoms with van der Waals surface area (Å²) in [5.41, 5.74) is 1.11. The largest absolute Gasteiger partial charge is 0.490 e. The molecule has 98 valence electrons. The minimum absolute atomic E-state index is 0.145. The first-order valence-corrected chi connectivity index (χ1v) is 6.26. The van der Waals surface area contributed by atoms with Crippen molar-refractivity contribution in [2.75, 3.05) is 0 Å². The van der Waals surface area contributed by atoms with Crippen molar-refractivity contribution in [3.63, 3.8) is 0 Å². The number of carboxylic acids is 1. The van der Waals surface area contributed by atoms with Crippen LogP contribution in [0.4, 0.5) is 0 Å². The average Bonchev–Trinajstić information content (AvgIpc) is 2.81. The molecule has 0 radical (unpaired) electrons. The van der Waals surface area contributed by atoms with Gasteiger partial charge in [0.1, 0.15) is 5.75 Å². The number of carboxylic acid groups (broad SMARTS) is 1. The summed E-state index contributed by atoms with van der Waals surface area (Å²) < 4.78 is 5.84. The SMILES string of the molecule is Cc1cccc(OC2CCCC2)c1C(O)C(=O)O. The fraction of sp³-hybridized carbons (Fsp3) is 0.500. The van der Waals surface area contributed by atoms with Crippen molar-refractivity contribution < 1.29 is 19.7 Å². The number of aliphatic hydroxyl groups excluding tert-OH is 1. The zero-order chi connectivity index (χ0) is 13.1. The first-order chi connectivity index (χ1) is 8.59. The fourth-order valence-corrected chi connectivity index (χ4v) is 2.42. The molecule has 4 heteroatoms. The normalized spacial score (nSPS) is 17.7. The third kappa shape index (κ3) is 2.64. The topological polar surface area (TPSA) is 66.8 Å². The molecule has 1 aliphatic rings. The number of carbonyl (C=O) groups is 1. The summed E-state index contributed by atoms with van der Waals surface area (Å²) in [5, 5.41) is 18.7. The Labute approximate surface area is 106 Å². The summed E-state index contributed by atoms with van der Waals surface area (Å²) in [5.74, 6) is -0.752. The van der Waals surface area contributed by atoms with Crippen LogP contribution in [0.5, 0.6) is 5.75 Å². The van der Waals surface area contributed by atoms with Gasteiger partial charge in [0.25, 0.3) is 0 Å². The van der Waals surface area contributed by atoms with E-state index in [0.717, 1.165) is 31.2 Å². The highest BCUT2D eigenvalue weighted by Crippen LogP contribution is 2.32. The molecule has 1 unspecified atom stereocenters. The van der Waals surface area contributed by atoms with E-state index < -0.39 is 12.1 Å². The second-order valence-corrected chi connectivity index (χ2v) is 4.75. The van der Waals surface area contributed by atoms with Crippen molar-refractivity contribution in [1.29, 1.82) is 0 Å². The van der Waals surface area contributed by atoms with E-state index in [1.807, 2.05) is 6.07 Å². The maximum atomic E-state index is 10.9. The molecule has 1 fully saturated rings. The van der Waals surface area contributed by atoms with Gasteiger partial charge in [-0.3, -0.25) is 0 Å². The van der Waals surface area contributed by atoms with Crippen LogP contribution in [0.2, 0.25) is 0 Å². The number of hydrogen-bond acceptors (Lipinski definition) is 3. The summed E-state index contributed by atoms with van der Waals surface area (Å²) in [7, 11) is 0. The molecule has 0 bridgehead atoms. The number of aliphatic hydroxyl groups is 1. The van der Waals surface area contributed by atoms with Crippen LogP contribution in [0.3, 0.4) is 0 Å². The zero-order valence-electron chi connectivity index (χ0n) is 10.4. The van der Waals surface area contributed by atoms with E-state index in [0.29, 0.717) is 11.3 Å². The van der Waals surface area contributed by atoms with Crippen LogP contribution in [0.15, 0.2) is 18.2 Å². The minimum atomic E-state index is -1.53. The van der Waals surface area contributed by atoms with Gasteiger partial charge in [0.15, 0.2) is 6.10 Å². The van der Waals surface area contributed by atoms with Gasteiger partial charge in [0.05, 0.1) is 6.10 Å². The molecule has 2 N–H and O–H groups in total. The lowest BCUT2D eigenvalue weighted by atomic mass is 10.0. The monoisotopic (exact) mass is 250 g/mol. The molecule has 4 nitrogen and oxygen atoms in total. The molecule has 18 heavy (non-hydrogen) atoms. The number of rotatable bonds is 4. The van der Waals surface area contributed by atoms with Crippen molar-refractivity contribution in [2.45, 2.75) is 44.8 Å². The van der Waals surface area contributed by atoms with Crippen molar-refractivity contribution in [1.82, 2.24) is 0 Å². The van der Waals surface area contributed by atoms with Crippen LogP contribution in [0, 0.1) is 6.92 Å². The second-order valence-electron chi connectivity index (χ2n) is 4.75. The fourth-order valence-electron chi connectivity index (χ4n) is 2.42. The van der Waals surface area contributed by atoms with Crippen molar-refractivity contribution in [3.05, 3.63) is 29.3 Å². The summed E-state index contributed by atoms with van der Waals surface area (Å²) >= 11 is 0. The predicted molar refractivity (Wildman–Crippen MR) is 66.7 cm³/mol. The maximum absolute atomic E-state index is 10.9. The zero-order valence-corrected chi connectivity index (χ0v) is 10.4. The third-order valence-electron chi connectivity index (χ3n) is 3.39. The molecule has 0 aliphatic heterocycles. The van der Waals surface area contributed by atoms with Crippen LogP contribution in [-0.2, 0) is 4.79 Å². The third-order valence-corrected chi connectivity index (χ3v) is 3.39. The van der Waals surface area contributed by atoms with Gasteiger partial charge in [0, 0.05) is 5.56 Å². The van der Waals surface area contributed by atoms with Crippen LogP contribution < -0.4 is 4.74 Å². The van der Waals surface area contributed by atoms with Crippen LogP contribution in [-0.4, -0.2) is 22.3 Å². The number of aryl methyl sites for hydroxylation is 1. The van der Waals surface area contributed by atoms with Crippen molar-refractivity contribution in [2.24, 2.45) is 0 Å². The van der Waals surface area contributed by atoms with E-state index >= 15 is 0 Å². The maximum Gasteiger partial charge on any atom is 0.337 e. The van der Waals surface area contributed by atoms with E-state index in [9.17, 15) is 9.90 Å². The summed E-state index contributed by atoms with van der Waals surface area (Å²) in [4.78, 5) is 10.9. The molecular weight excluding hydrogens is 232 g/mol. The van der Waals surface area contributed by atoms with Gasteiger partial charge < -0.3 is 14.9 Å². The number of aliphatic carboxylic acids is 1.